The monoisotopic (exact) mass is 435 g/mol. The Bertz CT molecular complexity index is 957. The molecule has 0 aliphatic carbocycles. The highest BCUT2D eigenvalue weighted by Crippen LogP contribution is 2.18. The molecular formula is C20H25N3O6S. The lowest BCUT2D eigenvalue weighted by atomic mass is 10.2. The minimum absolute atomic E-state index is 0.00642. The first-order valence-electron chi connectivity index (χ1n) is 9.13. The Balaban J connectivity index is 1.89. The van der Waals surface area contributed by atoms with E-state index in [-0.39, 0.29) is 18.6 Å². The Kier molecular flexibility index (Phi) is 8.19. The number of hydrogen-bond donors (Lipinski definition) is 3. The van der Waals surface area contributed by atoms with Crippen molar-refractivity contribution in [1.82, 2.24) is 0 Å². The number of carbonyl (C=O) groups excluding carboxylic acids is 2. The van der Waals surface area contributed by atoms with Gasteiger partial charge in [0.25, 0.3) is 0 Å². The average molecular weight is 436 g/mol. The molecule has 0 aliphatic heterocycles. The number of rotatable bonds is 10. The van der Waals surface area contributed by atoms with Crippen molar-refractivity contribution < 1.29 is 27.5 Å². The van der Waals surface area contributed by atoms with Crippen LogP contribution in [0.5, 0.6) is 5.75 Å². The van der Waals surface area contributed by atoms with E-state index < -0.39 is 21.7 Å². The number of amides is 2. The van der Waals surface area contributed by atoms with Crippen molar-refractivity contribution in [3.8, 4) is 5.75 Å². The van der Waals surface area contributed by atoms with Gasteiger partial charge in [0.15, 0.2) is 0 Å². The summed E-state index contributed by atoms with van der Waals surface area (Å²) in [5.74, 6) is -1.13. The van der Waals surface area contributed by atoms with Gasteiger partial charge in [-0.2, -0.15) is 0 Å². The fourth-order valence-electron chi connectivity index (χ4n) is 2.42. The van der Waals surface area contributed by atoms with Crippen molar-refractivity contribution in [2.75, 3.05) is 34.8 Å². The summed E-state index contributed by atoms with van der Waals surface area (Å²) in [6.45, 7) is 3.71. The molecule has 0 spiro atoms. The van der Waals surface area contributed by atoms with E-state index in [1.807, 2.05) is 13.8 Å². The van der Waals surface area contributed by atoms with Crippen LogP contribution in [0.1, 0.15) is 13.8 Å². The first-order valence-corrected chi connectivity index (χ1v) is 10.8. The summed E-state index contributed by atoms with van der Waals surface area (Å²) in [6, 6.07) is 12.7. The molecule has 0 unspecified atom stereocenters. The second kappa shape index (κ2) is 10.6. The Morgan fingerprint density at radius 3 is 1.87 bits per heavy atom. The number of carbonyl (C=O) groups is 2. The van der Waals surface area contributed by atoms with Crippen LogP contribution in [0.25, 0.3) is 0 Å². The Morgan fingerprint density at radius 2 is 1.37 bits per heavy atom. The van der Waals surface area contributed by atoms with Crippen LogP contribution in [0.3, 0.4) is 0 Å². The molecule has 2 rings (SSSR count). The van der Waals surface area contributed by atoms with E-state index in [4.69, 9.17) is 9.47 Å². The summed E-state index contributed by atoms with van der Waals surface area (Å²) in [6.07, 6.45) is 0.00642. The fraction of sp³-hybridized carbons (Fsp3) is 0.300. The zero-order valence-electron chi connectivity index (χ0n) is 17.0. The maximum atomic E-state index is 12.2. The molecule has 9 nitrogen and oxygen atoms in total. The standard InChI is InChI=1S/C20H25N3O6S/c1-14(2)29-18-10-8-17(9-11-18)23-30(26,27)13-20(25)22-16-6-4-15(5-7-16)21-19(24)12-28-3/h4-11,14,23H,12-13H2,1-3H3,(H,21,24)(H,22,25). The highest BCUT2D eigenvalue weighted by Gasteiger charge is 2.17. The predicted octanol–water partition coefficient (Wildman–Crippen LogP) is 2.44. The lowest BCUT2D eigenvalue weighted by Gasteiger charge is -2.12. The zero-order valence-corrected chi connectivity index (χ0v) is 17.8. The van der Waals surface area contributed by atoms with Crippen molar-refractivity contribution in [2.24, 2.45) is 0 Å². The molecule has 0 saturated carbocycles. The van der Waals surface area contributed by atoms with E-state index in [9.17, 15) is 18.0 Å². The van der Waals surface area contributed by atoms with Crippen LogP contribution in [0, 0.1) is 0 Å². The van der Waals surface area contributed by atoms with Crippen LogP contribution in [-0.4, -0.2) is 45.8 Å². The number of benzene rings is 2. The van der Waals surface area contributed by atoms with Gasteiger partial charge in [0.05, 0.1) is 6.10 Å². The van der Waals surface area contributed by atoms with Crippen LogP contribution < -0.4 is 20.1 Å². The van der Waals surface area contributed by atoms with Gasteiger partial charge in [-0.25, -0.2) is 8.42 Å². The third kappa shape index (κ3) is 8.10. The molecule has 162 valence electrons. The Labute approximate surface area is 175 Å². The van der Waals surface area contributed by atoms with Crippen LogP contribution in [-0.2, 0) is 24.3 Å². The zero-order chi connectivity index (χ0) is 22.1. The summed E-state index contributed by atoms with van der Waals surface area (Å²) in [5.41, 5.74) is 1.25. The quantitative estimate of drug-likeness (QED) is 0.527. The van der Waals surface area contributed by atoms with Crippen LogP contribution in [0.2, 0.25) is 0 Å². The molecule has 0 atom stereocenters. The van der Waals surface area contributed by atoms with Crippen molar-refractivity contribution in [1.29, 1.82) is 0 Å². The van der Waals surface area contributed by atoms with Gasteiger partial charge in [-0.05, 0) is 62.4 Å². The third-order valence-corrected chi connectivity index (χ3v) is 4.74. The van der Waals surface area contributed by atoms with Crippen LogP contribution >= 0.6 is 0 Å². The number of ether oxygens (including phenoxy) is 2. The third-order valence-electron chi connectivity index (χ3n) is 3.55. The molecule has 0 fully saturated rings. The average Bonchev–Trinajstić information content (AvgIpc) is 2.64. The van der Waals surface area contributed by atoms with E-state index in [0.717, 1.165) is 0 Å². The van der Waals surface area contributed by atoms with E-state index in [1.165, 1.54) is 7.11 Å². The van der Waals surface area contributed by atoms with Gasteiger partial charge in [0, 0.05) is 24.2 Å². The molecule has 0 saturated heterocycles. The molecule has 0 bridgehead atoms. The second-order valence-corrected chi connectivity index (χ2v) is 8.38. The van der Waals surface area contributed by atoms with Gasteiger partial charge in [-0.3, -0.25) is 14.3 Å². The molecular weight excluding hydrogens is 410 g/mol. The second-order valence-electron chi connectivity index (χ2n) is 6.66. The number of methoxy groups -OCH3 is 1. The highest BCUT2D eigenvalue weighted by atomic mass is 32.2. The van der Waals surface area contributed by atoms with Gasteiger partial charge in [0.1, 0.15) is 18.1 Å². The van der Waals surface area contributed by atoms with E-state index >= 15 is 0 Å². The van der Waals surface area contributed by atoms with E-state index in [1.54, 1.807) is 48.5 Å². The maximum Gasteiger partial charge on any atom is 0.250 e. The van der Waals surface area contributed by atoms with Crippen molar-refractivity contribution in [3.05, 3.63) is 48.5 Å². The molecule has 0 radical (unpaired) electrons. The molecule has 0 aliphatic rings. The molecule has 10 heteroatoms. The van der Waals surface area contributed by atoms with Crippen molar-refractivity contribution in [3.63, 3.8) is 0 Å². The summed E-state index contributed by atoms with van der Waals surface area (Å²) in [5, 5.41) is 5.12. The first-order chi connectivity index (χ1) is 14.2. The SMILES string of the molecule is COCC(=O)Nc1ccc(NC(=O)CS(=O)(=O)Nc2ccc(OC(C)C)cc2)cc1. The summed E-state index contributed by atoms with van der Waals surface area (Å²) in [4.78, 5) is 23.6. The minimum Gasteiger partial charge on any atom is -0.491 e. The van der Waals surface area contributed by atoms with E-state index in [2.05, 4.69) is 15.4 Å². The topological polar surface area (TPSA) is 123 Å². The van der Waals surface area contributed by atoms with Crippen LogP contribution in [0.4, 0.5) is 17.1 Å². The molecule has 3 N–H and O–H groups in total. The van der Waals surface area contributed by atoms with Crippen molar-refractivity contribution in [2.45, 2.75) is 20.0 Å². The molecule has 2 aromatic carbocycles. The Morgan fingerprint density at radius 1 is 0.867 bits per heavy atom. The molecule has 0 heterocycles. The van der Waals surface area contributed by atoms with Gasteiger partial charge in [-0.1, -0.05) is 0 Å². The number of anilines is 3. The van der Waals surface area contributed by atoms with Gasteiger partial charge < -0.3 is 20.1 Å². The van der Waals surface area contributed by atoms with Gasteiger partial charge in [0.2, 0.25) is 21.8 Å². The predicted molar refractivity (Wildman–Crippen MR) is 115 cm³/mol. The first kappa shape index (κ1) is 23.2. The summed E-state index contributed by atoms with van der Waals surface area (Å²) in [7, 11) is -2.48. The minimum atomic E-state index is -3.89. The Hall–Kier alpha value is -3.11. The lowest BCUT2D eigenvalue weighted by molar-refractivity contribution is -0.119. The lowest BCUT2D eigenvalue weighted by Crippen LogP contribution is -2.27. The summed E-state index contributed by atoms with van der Waals surface area (Å²) < 4.78 is 37.1. The molecule has 0 aromatic heterocycles. The smallest absolute Gasteiger partial charge is 0.250 e. The van der Waals surface area contributed by atoms with E-state index in [0.29, 0.717) is 22.8 Å². The maximum absolute atomic E-state index is 12.2. The molecule has 30 heavy (non-hydrogen) atoms. The molecule has 2 aromatic rings. The fourth-order valence-corrected chi connectivity index (χ4v) is 3.41. The number of hydrogen-bond acceptors (Lipinski definition) is 6. The number of nitrogens with one attached hydrogen (secondary N) is 3. The largest absolute Gasteiger partial charge is 0.491 e. The normalized spacial score (nSPS) is 11.1. The summed E-state index contributed by atoms with van der Waals surface area (Å²) >= 11 is 0. The van der Waals surface area contributed by atoms with Crippen molar-refractivity contribution >= 4 is 38.9 Å². The number of sulfonamides is 1. The van der Waals surface area contributed by atoms with Gasteiger partial charge in [-0.15, -0.1) is 0 Å². The van der Waals surface area contributed by atoms with Gasteiger partial charge >= 0.3 is 0 Å². The molecule has 2 amide bonds. The van der Waals surface area contributed by atoms with Crippen LogP contribution in [0.15, 0.2) is 48.5 Å². The highest BCUT2D eigenvalue weighted by molar-refractivity contribution is 7.93.